The van der Waals surface area contributed by atoms with Crippen LogP contribution >= 0.6 is 31.9 Å². The molecular weight excluding hydrogens is 376 g/mol. The van der Waals surface area contributed by atoms with Crippen LogP contribution in [0.3, 0.4) is 0 Å². The Bertz CT molecular complexity index is 550. The van der Waals surface area contributed by atoms with Crippen LogP contribution < -0.4 is 9.47 Å². The molecule has 0 spiro atoms. The van der Waals surface area contributed by atoms with E-state index >= 15 is 0 Å². The number of aromatic nitrogens is 2. The summed E-state index contributed by atoms with van der Waals surface area (Å²) in [6.45, 7) is 0.295. The minimum atomic E-state index is 0.295. The molecule has 2 aromatic rings. The fraction of sp³-hybridized carbons (Fsp3) is 0.231. The highest BCUT2D eigenvalue weighted by atomic mass is 79.9. The quantitative estimate of drug-likeness (QED) is 0.733. The molecule has 0 unspecified atom stereocenters. The predicted octanol–water partition coefficient (Wildman–Crippen LogP) is 3.72. The molecule has 0 aliphatic rings. The number of methoxy groups -OCH3 is 1. The Balaban J connectivity index is 2.20. The normalized spacial score (nSPS) is 10.3. The van der Waals surface area contributed by atoms with Gasteiger partial charge in [-0.15, -0.1) is 0 Å². The Morgan fingerprint density at radius 2 is 1.95 bits per heavy atom. The first kappa shape index (κ1) is 14.3. The van der Waals surface area contributed by atoms with Crippen LogP contribution in [0, 0.1) is 0 Å². The van der Waals surface area contributed by atoms with Crippen molar-refractivity contribution >= 4 is 31.9 Å². The summed E-state index contributed by atoms with van der Waals surface area (Å²) in [5, 5.41) is 0.754. The van der Waals surface area contributed by atoms with E-state index < -0.39 is 0 Å². The van der Waals surface area contributed by atoms with Gasteiger partial charge >= 0.3 is 0 Å². The summed E-state index contributed by atoms with van der Waals surface area (Å²) in [6.07, 6.45) is 3.37. The van der Waals surface area contributed by atoms with E-state index in [1.165, 1.54) is 0 Å². The minimum Gasteiger partial charge on any atom is -0.493 e. The van der Waals surface area contributed by atoms with Crippen molar-refractivity contribution in [2.45, 2.75) is 11.9 Å². The van der Waals surface area contributed by atoms with Gasteiger partial charge in [0.2, 0.25) is 0 Å². The molecule has 0 amide bonds. The Kier molecular flexibility index (Phi) is 5.15. The van der Waals surface area contributed by atoms with Crippen LogP contribution in [0.5, 0.6) is 11.5 Å². The highest BCUT2D eigenvalue weighted by Crippen LogP contribution is 2.37. The van der Waals surface area contributed by atoms with E-state index in [0.717, 1.165) is 15.4 Å². The average Bonchev–Trinajstić information content (AvgIpc) is 2.46. The van der Waals surface area contributed by atoms with Crippen LogP contribution in [-0.4, -0.2) is 17.1 Å². The number of nitrogens with zero attached hydrogens (tertiary/aromatic N) is 2. The molecule has 1 aromatic heterocycles. The zero-order chi connectivity index (χ0) is 13.7. The lowest BCUT2D eigenvalue weighted by molar-refractivity contribution is 0.274. The Hall–Kier alpha value is -1.14. The lowest BCUT2D eigenvalue weighted by atomic mass is 10.2. The zero-order valence-electron chi connectivity index (χ0n) is 10.3. The summed E-state index contributed by atoms with van der Waals surface area (Å²) < 4.78 is 11.9. The number of rotatable bonds is 5. The number of hydrogen-bond acceptors (Lipinski definition) is 4. The van der Waals surface area contributed by atoms with E-state index in [0.29, 0.717) is 23.9 Å². The fourth-order valence-electron chi connectivity index (χ4n) is 1.53. The second-order valence-electron chi connectivity index (χ2n) is 3.70. The maximum absolute atomic E-state index is 5.73. The molecule has 1 heterocycles. The van der Waals surface area contributed by atoms with Gasteiger partial charge in [0.05, 0.1) is 11.6 Å². The molecule has 0 saturated carbocycles. The van der Waals surface area contributed by atoms with E-state index in [-0.39, 0.29) is 0 Å². The van der Waals surface area contributed by atoms with Crippen molar-refractivity contribution in [3.05, 3.63) is 46.5 Å². The van der Waals surface area contributed by atoms with E-state index in [1.54, 1.807) is 25.6 Å². The maximum Gasteiger partial charge on any atom is 0.176 e. The standard InChI is InChI=1S/C13H12Br2N2O2/c1-18-11-6-9(7-14)5-10(15)13(11)19-8-12-16-3-2-4-17-12/h2-6H,7-8H2,1H3. The third kappa shape index (κ3) is 3.67. The Morgan fingerprint density at radius 3 is 2.58 bits per heavy atom. The molecule has 0 radical (unpaired) electrons. The highest BCUT2D eigenvalue weighted by Gasteiger charge is 2.12. The molecule has 100 valence electrons. The van der Waals surface area contributed by atoms with Gasteiger partial charge in [-0.05, 0) is 39.7 Å². The largest absolute Gasteiger partial charge is 0.493 e. The van der Waals surface area contributed by atoms with Gasteiger partial charge in [0.25, 0.3) is 0 Å². The SMILES string of the molecule is COc1cc(CBr)cc(Br)c1OCc1ncccn1. The van der Waals surface area contributed by atoms with Gasteiger partial charge in [-0.25, -0.2) is 9.97 Å². The molecule has 0 atom stereocenters. The molecule has 0 aliphatic carbocycles. The molecule has 1 aromatic carbocycles. The number of alkyl halides is 1. The van der Waals surface area contributed by atoms with Gasteiger partial charge in [-0.1, -0.05) is 15.9 Å². The van der Waals surface area contributed by atoms with Crippen molar-refractivity contribution in [1.82, 2.24) is 9.97 Å². The number of ether oxygens (including phenoxy) is 2. The highest BCUT2D eigenvalue weighted by molar-refractivity contribution is 9.10. The summed E-state index contributed by atoms with van der Waals surface area (Å²) in [5.41, 5.74) is 1.10. The van der Waals surface area contributed by atoms with Crippen LogP contribution in [-0.2, 0) is 11.9 Å². The summed E-state index contributed by atoms with van der Waals surface area (Å²) in [6, 6.07) is 5.68. The first-order chi connectivity index (χ1) is 9.24. The van der Waals surface area contributed by atoms with Gasteiger partial charge < -0.3 is 9.47 Å². The van der Waals surface area contributed by atoms with Gasteiger partial charge in [0.1, 0.15) is 6.61 Å². The first-order valence-corrected chi connectivity index (χ1v) is 7.47. The molecule has 0 aliphatic heterocycles. The third-order valence-corrected chi connectivity index (χ3v) is 3.64. The van der Waals surface area contributed by atoms with Crippen molar-refractivity contribution in [2.24, 2.45) is 0 Å². The van der Waals surface area contributed by atoms with Crippen molar-refractivity contribution < 1.29 is 9.47 Å². The lowest BCUT2D eigenvalue weighted by Crippen LogP contribution is -2.02. The summed E-state index contributed by atoms with van der Waals surface area (Å²) in [5.74, 6) is 1.96. The molecule has 6 heteroatoms. The molecule has 19 heavy (non-hydrogen) atoms. The molecule has 0 bridgehead atoms. The molecular formula is C13H12Br2N2O2. The van der Waals surface area contributed by atoms with Gasteiger partial charge in [0.15, 0.2) is 17.3 Å². The smallest absolute Gasteiger partial charge is 0.176 e. The van der Waals surface area contributed by atoms with Gasteiger partial charge in [-0.3, -0.25) is 0 Å². The molecule has 4 nitrogen and oxygen atoms in total. The summed E-state index contributed by atoms with van der Waals surface area (Å²) >= 11 is 6.90. The van der Waals surface area contributed by atoms with E-state index in [2.05, 4.69) is 41.8 Å². The molecule has 0 fully saturated rings. The van der Waals surface area contributed by atoms with Crippen LogP contribution in [0.4, 0.5) is 0 Å². The molecule has 0 saturated heterocycles. The minimum absolute atomic E-state index is 0.295. The third-order valence-electron chi connectivity index (χ3n) is 2.41. The summed E-state index contributed by atoms with van der Waals surface area (Å²) in [7, 11) is 1.62. The van der Waals surface area contributed by atoms with E-state index in [4.69, 9.17) is 9.47 Å². The van der Waals surface area contributed by atoms with Crippen molar-refractivity contribution in [3.63, 3.8) is 0 Å². The molecule has 2 rings (SSSR count). The van der Waals surface area contributed by atoms with Gasteiger partial charge in [0, 0.05) is 17.7 Å². The number of hydrogen-bond donors (Lipinski definition) is 0. The fourth-order valence-corrected chi connectivity index (χ4v) is 2.46. The van der Waals surface area contributed by atoms with Crippen LogP contribution in [0.1, 0.15) is 11.4 Å². The molecule has 0 N–H and O–H groups in total. The van der Waals surface area contributed by atoms with Crippen molar-refractivity contribution in [1.29, 1.82) is 0 Å². The van der Waals surface area contributed by atoms with Crippen LogP contribution in [0.15, 0.2) is 35.1 Å². The van der Waals surface area contributed by atoms with Gasteiger partial charge in [-0.2, -0.15) is 0 Å². The average molecular weight is 388 g/mol. The predicted molar refractivity (Wildman–Crippen MR) is 79.7 cm³/mol. The monoisotopic (exact) mass is 386 g/mol. The zero-order valence-corrected chi connectivity index (χ0v) is 13.4. The Labute approximate surface area is 128 Å². The van der Waals surface area contributed by atoms with E-state index in [9.17, 15) is 0 Å². The maximum atomic E-state index is 5.73. The lowest BCUT2D eigenvalue weighted by Gasteiger charge is -2.13. The summed E-state index contributed by atoms with van der Waals surface area (Å²) in [4.78, 5) is 8.23. The second kappa shape index (κ2) is 6.86. The first-order valence-electron chi connectivity index (χ1n) is 5.55. The topological polar surface area (TPSA) is 44.2 Å². The second-order valence-corrected chi connectivity index (χ2v) is 5.11. The van der Waals surface area contributed by atoms with E-state index in [1.807, 2.05) is 12.1 Å². The van der Waals surface area contributed by atoms with Crippen molar-refractivity contribution in [2.75, 3.05) is 7.11 Å². The number of benzene rings is 1. The Morgan fingerprint density at radius 1 is 1.21 bits per heavy atom. The van der Waals surface area contributed by atoms with Crippen LogP contribution in [0.2, 0.25) is 0 Å². The van der Waals surface area contributed by atoms with Crippen molar-refractivity contribution in [3.8, 4) is 11.5 Å². The van der Waals surface area contributed by atoms with Crippen LogP contribution in [0.25, 0.3) is 0 Å². The number of halogens is 2.